The third kappa shape index (κ3) is 3.37. The molecule has 6 heteroatoms. The quantitative estimate of drug-likeness (QED) is 0.684. The standard InChI is InChI=1S/C18H18Br2N4/c1-10-5-13(23-16(19)7-10)12-3-4-18(22,14(21)9-12)15-6-11(2)8-17(20)24-15/h3-9,14H,21-22H2,1-2H3. The van der Waals surface area contributed by atoms with E-state index in [4.69, 9.17) is 11.5 Å². The van der Waals surface area contributed by atoms with Gasteiger partial charge in [-0.15, -0.1) is 0 Å². The van der Waals surface area contributed by atoms with E-state index in [-0.39, 0.29) is 0 Å². The Morgan fingerprint density at radius 1 is 1.00 bits per heavy atom. The summed E-state index contributed by atoms with van der Waals surface area (Å²) in [6.45, 7) is 4.04. The van der Waals surface area contributed by atoms with Crippen molar-refractivity contribution in [2.45, 2.75) is 25.4 Å². The number of hydrogen-bond donors (Lipinski definition) is 2. The van der Waals surface area contributed by atoms with Gasteiger partial charge in [-0.1, -0.05) is 18.2 Å². The minimum Gasteiger partial charge on any atom is -0.322 e. The molecule has 4 N–H and O–H groups in total. The highest BCUT2D eigenvalue weighted by Gasteiger charge is 2.35. The molecule has 2 aromatic rings. The molecule has 2 heterocycles. The zero-order valence-electron chi connectivity index (χ0n) is 13.4. The van der Waals surface area contributed by atoms with Crippen molar-refractivity contribution in [2.24, 2.45) is 11.5 Å². The van der Waals surface area contributed by atoms with Crippen molar-refractivity contribution in [2.75, 3.05) is 0 Å². The van der Waals surface area contributed by atoms with Crippen LogP contribution in [0.1, 0.15) is 22.5 Å². The van der Waals surface area contributed by atoms with Gasteiger partial charge in [0.25, 0.3) is 0 Å². The molecule has 0 aromatic carbocycles. The normalized spacial score (nSPS) is 23.2. The van der Waals surface area contributed by atoms with Gasteiger partial charge in [0.05, 0.1) is 23.0 Å². The molecule has 2 atom stereocenters. The van der Waals surface area contributed by atoms with Crippen LogP contribution in [0.25, 0.3) is 5.57 Å². The Balaban J connectivity index is 2.00. The van der Waals surface area contributed by atoms with Crippen molar-refractivity contribution in [1.29, 1.82) is 0 Å². The van der Waals surface area contributed by atoms with Crippen LogP contribution in [0, 0.1) is 13.8 Å². The first-order chi connectivity index (χ1) is 11.3. The number of halogens is 2. The third-order valence-corrected chi connectivity index (χ3v) is 4.88. The topological polar surface area (TPSA) is 77.8 Å². The maximum absolute atomic E-state index is 6.59. The highest BCUT2D eigenvalue weighted by Crippen LogP contribution is 2.32. The zero-order valence-corrected chi connectivity index (χ0v) is 16.6. The summed E-state index contributed by atoms with van der Waals surface area (Å²) in [5.74, 6) is 0. The Hall–Kier alpha value is -1.34. The molecular weight excluding hydrogens is 432 g/mol. The van der Waals surface area contributed by atoms with E-state index >= 15 is 0 Å². The summed E-state index contributed by atoms with van der Waals surface area (Å²) in [5.41, 5.74) is 16.9. The van der Waals surface area contributed by atoms with Gasteiger partial charge >= 0.3 is 0 Å². The van der Waals surface area contributed by atoms with Crippen LogP contribution in [0.3, 0.4) is 0 Å². The van der Waals surface area contributed by atoms with Gasteiger partial charge in [0.1, 0.15) is 9.21 Å². The highest BCUT2D eigenvalue weighted by molar-refractivity contribution is 9.10. The van der Waals surface area contributed by atoms with E-state index in [2.05, 4.69) is 41.8 Å². The molecule has 4 nitrogen and oxygen atoms in total. The summed E-state index contributed by atoms with van der Waals surface area (Å²) in [5, 5.41) is 0. The SMILES string of the molecule is Cc1cc(Br)nc(C2=CC(N)C(N)(c3cc(C)cc(Br)n3)C=C2)c1. The van der Waals surface area contributed by atoms with Crippen LogP contribution in [0.2, 0.25) is 0 Å². The lowest BCUT2D eigenvalue weighted by molar-refractivity contribution is 0.478. The van der Waals surface area contributed by atoms with Gasteiger partial charge in [0.15, 0.2) is 0 Å². The van der Waals surface area contributed by atoms with Gasteiger partial charge in [-0.2, -0.15) is 0 Å². The van der Waals surface area contributed by atoms with E-state index in [9.17, 15) is 0 Å². The molecule has 0 radical (unpaired) electrons. The van der Waals surface area contributed by atoms with Gasteiger partial charge in [0.2, 0.25) is 0 Å². The second kappa shape index (κ2) is 6.52. The average Bonchev–Trinajstić information content (AvgIpc) is 2.48. The van der Waals surface area contributed by atoms with Crippen molar-refractivity contribution < 1.29 is 0 Å². The van der Waals surface area contributed by atoms with E-state index in [0.717, 1.165) is 37.3 Å². The first-order valence-corrected chi connectivity index (χ1v) is 9.11. The molecule has 0 amide bonds. The average molecular weight is 450 g/mol. The molecule has 0 spiro atoms. The molecule has 124 valence electrons. The fourth-order valence-electron chi connectivity index (χ4n) is 2.77. The molecule has 0 bridgehead atoms. The minimum atomic E-state index is -0.848. The van der Waals surface area contributed by atoms with Crippen LogP contribution in [-0.4, -0.2) is 16.0 Å². The molecule has 3 rings (SSSR count). The van der Waals surface area contributed by atoms with E-state index in [1.807, 2.05) is 56.3 Å². The van der Waals surface area contributed by atoms with Crippen LogP contribution < -0.4 is 11.5 Å². The maximum Gasteiger partial charge on any atom is 0.107 e. The Labute approximate surface area is 158 Å². The first kappa shape index (κ1) is 17.5. The van der Waals surface area contributed by atoms with Gasteiger partial charge in [0, 0.05) is 0 Å². The Morgan fingerprint density at radius 2 is 1.62 bits per heavy atom. The lowest BCUT2D eigenvalue weighted by atomic mass is 9.81. The number of nitrogens with zero attached hydrogens (tertiary/aromatic N) is 2. The third-order valence-electron chi connectivity index (χ3n) is 4.07. The molecule has 0 aliphatic heterocycles. The summed E-state index contributed by atoms with van der Waals surface area (Å²) >= 11 is 6.86. The van der Waals surface area contributed by atoms with Crippen molar-refractivity contribution in [3.63, 3.8) is 0 Å². The van der Waals surface area contributed by atoms with Crippen LogP contribution in [0.15, 0.2) is 51.7 Å². The lowest BCUT2D eigenvalue weighted by Gasteiger charge is -2.33. The van der Waals surface area contributed by atoms with E-state index < -0.39 is 11.6 Å². The zero-order chi connectivity index (χ0) is 17.5. The molecule has 2 unspecified atom stereocenters. The van der Waals surface area contributed by atoms with Crippen LogP contribution in [-0.2, 0) is 5.54 Å². The Morgan fingerprint density at radius 3 is 2.21 bits per heavy atom. The van der Waals surface area contributed by atoms with Gasteiger partial charge in [-0.25, -0.2) is 9.97 Å². The largest absolute Gasteiger partial charge is 0.322 e. The first-order valence-electron chi connectivity index (χ1n) is 7.53. The summed E-state index contributed by atoms with van der Waals surface area (Å²) < 4.78 is 1.55. The Kier molecular flexibility index (Phi) is 4.75. The molecular formula is C18H18Br2N4. The van der Waals surface area contributed by atoms with E-state index in [1.54, 1.807) is 0 Å². The summed E-state index contributed by atoms with van der Waals surface area (Å²) in [4.78, 5) is 9.03. The molecule has 1 aliphatic carbocycles. The number of allylic oxidation sites excluding steroid dienone is 2. The van der Waals surface area contributed by atoms with Crippen LogP contribution >= 0.6 is 31.9 Å². The summed E-state index contributed by atoms with van der Waals surface area (Å²) in [6, 6.07) is 7.51. The van der Waals surface area contributed by atoms with Gasteiger partial charge in [-0.3, -0.25) is 0 Å². The lowest BCUT2D eigenvalue weighted by Crippen LogP contribution is -2.51. The van der Waals surface area contributed by atoms with Gasteiger partial charge < -0.3 is 11.5 Å². The van der Waals surface area contributed by atoms with Gasteiger partial charge in [-0.05, 0) is 86.7 Å². The fourth-order valence-corrected chi connectivity index (χ4v) is 3.88. The van der Waals surface area contributed by atoms with Crippen molar-refractivity contribution in [1.82, 2.24) is 9.97 Å². The van der Waals surface area contributed by atoms with Crippen molar-refractivity contribution >= 4 is 37.4 Å². The maximum atomic E-state index is 6.59. The second-order valence-electron chi connectivity index (χ2n) is 6.12. The monoisotopic (exact) mass is 448 g/mol. The minimum absolute atomic E-state index is 0.403. The number of aryl methyl sites for hydroxylation is 2. The molecule has 2 aromatic heterocycles. The van der Waals surface area contributed by atoms with Crippen molar-refractivity contribution in [3.05, 3.63) is 74.2 Å². The van der Waals surface area contributed by atoms with Crippen LogP contribution in [0.5, 0.6) is 0 Å². The van der Waals surface area contributed by atoms with Crippen LogP contribution in [0.4, 0.5) is 0 Å². The highest BCUT2D eigenvalue weighted by atomic mass is 79.9. The number of hydrogen-bond acceptors (Lipinski definition) is 4. The number of nitrogens with two attached hydrogens (primary N) is 2. The molecule has 0 saturated heterocycles. The summed E-state index contributed by atoms with van der Waals surface area (Å²) in [7, 11) is 0. The van der Waals surface area contributed by atoms with E-state index in [1.165, 1.54) is 0 Å². The van der Waals surface area contributed by atoms with Crippen molar-refractivity contribution in [3.8, 4) is 0 Å². The molecule has 0 fully saturated rings. The predicted octanol–water partition coefficient (Wildman–Crippen LogP) is 3.75. The second-order valence-corrected chi connectivity index (χ2v) is 7.74. The van der Waals surface area contributed by atoms with E-state index in [0.29, 0.717) is 0 Å². The molecule has 1 aliphatic rings. The smallest absolute Gasteiger partial charge is 0.107 e. The number of aromatic nitrogens is 2. The molecule has 24 heavy (non-hydrogen) atoms. The number of rotatable bonds is 2. The Bertz CT molecular complexity index is 820. The summed E-state index contributed by atoms with van der Waals surface area (Å²) in [6.07, 6.45) is 5.83. The number of pyridine rings is 2. The predicted molar refractivity (Wildman–Crippen MR) is 104 cm³/mol. The molecule has 0 saturated carbocycles. The fraction of sp³-hybridized carbons (Fsp3) is 0.222.